The Hall–Kier alpha value is -2.01. The number of hydrogen-bond donors (Lipinski definition) is 3. The summed E-state index contributed by atoms with van der Waals surface area (Å²) < 4.78 is 0.672. The van der Waals surface area contributed by atoms with Gasteiger partial charge in [0, 0.05) is 24.8 Å². The van der Waals surface area contributed by atoms with Crippen LogP contribution in [0, 0.1) is 6.92 Å². The van der Waals surface area contributed by atoms with Crippen molar-refractivity contribution < 1.29 is 9.90 Å². The molecule has 1 amide bonds. The summed E-state index contributed by atoms with van der Waals surface area (Å²) in [6.07, 6.45) is 0. The minimum atomic E-state index is -0.0905. The Labute approximate surface area is 132 Å². The van der Waals surface area contributed by atoms with Crippen LogP contribution in [-0.4, -0.2) is 11.0 Å². The van der Waals surface area contributed by atoms with Crippen LogP contribution in [0.1, 0.15) is 18.1 Å². The third kappa shape index (κ3) is 4.23. The molecule has 0 heterocycles. The Morgan fingerprint density at radius 2 is 2.00 bits per heavy atom. The van der Waals surface area contributed by atoms with Gasteiger partial charge in [0.25, 0.3) is 0 Å². The molecule has 2 aromatic rings. The molecule has 0 aliphatic rings. The molecular weight excluding hydrogens is 332 g/mol. The second kappa shape index (κ2) is 6.63. The van der Waals surface area contributed by atoms with Crippen molar-refractivity contribution in [3.63, 3.8) is 0 Å². The summed E-state index contributed by atoms with van der Waals surface area (Å²) >= 11 is 3.30. The second-order valence-electron chi connectivity index (χ2n) is 4.85. The zero-order valence-corrected chi connectivity index (χ0v) is 13.5. The highest BCUT2D eigenvalue weighted by Gasteiger charge is 2.03. The number of amides is 1. The monoisotopic (exact) mass is 348 g/mol. The number of halogens is 1. The van der Waals surface area contributed by atoms with E-state index in [1.54, 1.807) is 6.07 Å². The Kier molecular flexibility index (Phi) is 4.85. The van der Waals surface area contributed by atoms with Crippen LogP contribution < -0.4 is 10.6 Å². The largest absolute Gasteiger partial charge is 0.507 e. The number of anilines is 2. The number of carbonyl (C=O) groups is 1. The molecule has 0 radical (unpaired) electrons. The van der Waals surface area contributed by atoms with E-state index in [-0.39, 0.29) is 11.7 Å². The summed E-state index contributed by atoms with van der Waals surface area (Å²) in [6.45, 7) is 4.12. The lowest BCUT2D eigenvalue weighted by Gasteiger charge is -2.12. The molecule has 0 saturated carbocycles. The average molecular weight is 349 g/mol. The summed E-state index contributed by atoms with van der Waals surface area (Å²) in [4.78, 5) is 11.1. The molecule has 0 aliphatic carbocycles. The van der Waals surface area contributed by atoms with Gasteiger partial charge in [0.1, 0.15) is 5.75 Å². The first-order valence-electron chi connectivity index (χ1n) is 6.55. The Morgan fingerprint density at radius 1 is 1.24 bits per heavy atom. The molecule has 0 spiro atoms. The van der Waals surface area contributed by atoms with Gasteiger partial charge in [-0.05, 0) is 58.2 Å². The highest BCUT2D eigenvalue weighted by atomic mass is 79.9. The summed E-state index contributed by atoms with van der Waals surface area (Å²) in [5, 5.41) is 15.6. The van der Waals surface area contributed by atoms with E-state index in [1.165, 1.54) is 6.92 Å². The zero-order valence-electron chi connectivity index (χ0n) is 11.9. The molecule has 0 bridgehead atoms. The van der Waals surface area contributed by atoms with Crippen molar-refractivity contribution in [2.45, 2.75) is 20.4 Å². The van der Waals surface area contributed by atoms with Crippen LogP contribution in [0.4, 0.5) is 11.4 Å². The molecule has 4 nitrogen and oxygen atoms in total. The fourth-order valence-corrected chi connectivity index (χ4v) is 2.38. The molecule has 0 unspecified atom stereocenters. The average Bonchev–Trinajstić information content (AvgIpc) is 2.42. The molecule has 0 fully saturated rings. The van der Waals surface area contributed by atoms with E-state index in [2.05, 4.69) is 26.6 Å². The maximum absolute atomic E-state index is 11.1. The van der Waals surface area contributed by atoms with Gasteiger partial charge >= 0.3 is 0 Å². The second-order valence-corrected chi connectivity index (χ2v) is 5.70. The van der Waals surface area contributed by atoms with Gasteiger partial charge in [-0.1, -0.05) is 12.1 Å². The van der Waals surface area contributed by atoms with E-state index in [0.717, 1.165) is 22.5 Å². The SMILES string of the molecule is CC(=O)Nc1ccc(C)c(NCc2ccc(O)c(Br)c2)c1. The first kappa shape index (κ1) is 15.4. The zero-order chi connectivity index (χ0) is 15.4. The minimum Gasteiger partial charge on any atom is -0.507 e. The van der Waals surface area contributed by atoms with Crippen molar-refractivity contribution in [2.75, 3.05) is 10.6 Å². The van der Waals surface area contributed by atoms with Crippen LogP contribution >= 0.6 is 15.9 Å². The summed E-state index contributed by atoms with van der Waals surface area (Å²) in [6, 6.07) is 11.1. The molecule has 3 N–H and O–H groups in total. The molecule has 0 atom stereocenters. The summed E-state index contributed by atoms with van der Waals surface area (Å²) in [5.41, 5.74) is 3.87. The third-order valence-corrected chi connectivity index (χ3v) is 3.69. The van der Waals surface area contributed by atoms with Crippen LogP contribution in [0.2, 0.25) is 0 Å². The van der Waals surface area contributed by atoms with E-state index >= 15 is 0 Å². The quantitative estimate of drug-likeness (QED) is 0.781. The maximum Gasteiger partial charge on any atom is 0.221 e. The van der Waals surface area contributed by atoms with Crippen molar-refractivity contribution in [1.29, 1.82) is 0 Å². The van der Waals surface area contributed by atoms with E-state index in [9.17, 15) is 9.90 Å². The molecule has 2 aromatic carbocycles. The van der Waals surface area contributed by atoms with Gasteiger partial charge in [0.15, 0.2) is 0 Å². The lowest BCUT2D eigenvalue weighted by Crippen LogP contribution is -2.07. The fourth-order valence-electron chi connectivity index (χ4n) is 1.95. The Balaban J connectivity index is 2.11. The fraction of sp³-hybridized carbons (Fsp3) is 0.188. The van der Waals surface area contributed by atoms with E-state index in [4.69, 9.17) is 0 Å². The van der Waals surface area contributed by atoms with Gasteiger partial charge in [-0.2, -0.15) is 0 Å². The van der Waals surface area contributed by atoms with Crippen LogP contribution in [0.15, 0.2) is 40.9 Å². The number of carbonyl (C=O) groups excluding carboxylic acids is 1. The van der Waals surface area contributed by atoms with E-state index in [1.807, 2.05) is 37.3 Å². The number of rotatable bonds is 4. The molecule has 0 aliphatic heterocycles. The summed E-state index contributed by atoms with van der Waals surface area (Å²) in [5.74, 6) is 0.134. The molecule has 5 heteroatoms. The number of aromatic hydroxyl groups is 1. The van der Waals surface area contributed by atoms with Crippen LogP contribution in [0.25, 0.3) is 0 Å². The van der Waals surface area contributed by atoms with Crippen molar-refractivity contribution in [3.05, 3.63) is 52.0 Å². The molecular formula is C16H17BrN2O2. The lowest BCUT2D eigenvalue weighted by atomic mass is 10.1. The van der Waals surface area contributed by atoms with Gasteiger partial charge in [-0.25, -0.2) is 0 Å². The Bertz CT molecular complexity index is 671. The molecule has 21 heavy (non-hydrogen) atoms. The minimum absolute atomic E-state index is 0.0905. The highest BCUT2D eigenvalue weighted by Crippen LogP contribution is 2.25. The molecule has 110 valence electrons. The standard InChI is InChI=1S/C16H17BrN2O2/c1-10-3-5-13(19-11(2)20)8-15(10)18-9-12-4-6-16(21)14(17)7-12/h3-8,18,21H,9H2,1-2H3,(H,19,20). The first-order chi connectivity index (χ1) is 9.95. The number of benzene rings is 2. The predicted molar refractivity (Wildman–Crippen MR) is 88.6 cm³/mol. The number of aryl methyl sites for hydroxylation is 1. The lowest BCUT2D eigenvalue weighted by molar-refractivity contribution is -0.114. The summed E-state index contributed by atoms with van der Waals surface area (Å²) in [7, 11) is 0. The van der Waals surface area contributed by atoms with Crippen molar-refractivity contribution in [1.82, 2.24) is 0 Å². The van der Waals surface area contributed by atoms with Gasteiger partial charge in [-0.3, -0.25) is 4.79 Å². The van der Waals surface area contributed by atoms with Crippen LogP contribution in [0.5, 0.6) is 5.75 Å². The number of nitrogens with one attached hydrogen (secondary N) is 2. The number of phenols is 1. The maximum atomic E-state index is 11.1. The molecule has 2 rings (SSSR count). The smallest absolute Gasteiger partial charge is 0.221 e. The normalized spacial score (nSPS) is 10.2. The van der Waals surface area contributed by atoms with E-state index in [0.29, 0.717) is 11.0 Å². The predicted octanol–water partition coefficient (Wildman–Crippen LogP) is 4.03. The third-order valence-electron chi connectivity index (χ3n) is 3.05. The van der Waals surface area contributed by atoms with Crippen molar-refractivity contribution >= 4 is 33.2 Å². The van der Waals surface area contributed by atoms with Crippen LogP contribution in [-0.2, 0) is 11.3 Å². The number of hydrogen-bond acceptors (Lipinski definition) is 3. The van der Waals surface area contributed by atoms with E-state index < -0.39 is 0 Å². The molecule has 0 saturated heterocycles. The Morgan fingerprint density at radius 3 is 2.67 bits per heavy atom. The molecule has 0 aromatic heterocycles. The van der Waals surface area contributed by atoms with Gasteiger partial charge in [0.05, 0.1) is 4.47 Å². The number of phenolic OH excluding ortho intramolecular Hbond substituents is 1. The highest BCUT2D eigenvalue weighted by molar-refractivity contribution is 9.10. The van der Waals surface area contributed by atoms with Gasteiger partial charge < -0.3 is 15.7 Å². The van der Waals surface area contributed by atoms with Gasteiger partial charge in [-0.15, -0.1) is 0 Å². The first-order valence-corrected chi connectivity index (χ1v) is 7.34. The van der Waals surface area contributed by atoms with Crippen molar-refractivity contribution in [3.8, 4) is 5.75 Å². The van der Waals surface area contributed by atoms with Crippen molar-refractivity contribution in [2.24, 2.45) is 0 Å². The van der Waals surface area contributed by atoms with Gasteiger partial charge in [0.2, 0.25) is 5.91 Å². The van der Waals surface area contributed by atoms with Crippen LogP contribution in [0.3, 0.4) is 0 Å². The topological polar surface area (TPSA) is 61.4 Å².